The van der Waals surface area contributed by atoms with Crippen molar-refractivity contribution in [2.45, 2.75) is 78.3 Å². The highest BCUT2D eigenvalue weighted by Crippen LogP contribution is 2.24. The molecule has 6 atom stereocenters. The van der Waals surface area contributed by atoms with Crippen molar-refractivity contribution in [1.29, 1.82) is 0 Å². The van der Waals surface area contributed by atoms with Gasteiger partial charge in [0.25, 0.3) is 0 Å². The minimum atomic E-state index is -1.19. The van der Waals surface area contributed by atoms with Gasteiger partial charge in [0, 0.05) is 24.8 Å². The van der Waals surface area contributed by atoms with Crippen LogP contribution in [0.15, 0.2) is 34.8 Å². The van der Waals surface area contributed by atoms with E-state index in [1.54, 1.807) is 14.0 Å². The van der Waals surface area contributed by atoms with Gasteiger partial charge in [-0.3, -0.25) is 9.59 Å². The quantitative estimate of drug-likeness (QED) is 0.615. The van der Waals surface area contributed by atoms with Gasteiger partial charge in [-0.15, -0.1) is 11.3 Å². The van der Waals surface area contributed by atoms with Crippen LogP contribution in [0.2, 0.25) is 0 Å². The number of carbonyl (C=O) groups is 2. The van der Waals surface area contributed by atoms with Gasteiger partial charge in [0.15, 0.2) is 6.10 Å². The zero-order chi connectivity index (χ0) is 25.4. The largest absolute Gasteiger partial charge is 0.455 e. The lowest BCUT2D eigenvalue weighted by molar-refractivity contribution is -0.154. The summed E-state index contributed by atoms with van der Waals surface area (Å²) in [4.78, 5) is 29.8. The molecule has 34 heavy (non-hydrogen) atoms. The van der Waals surface area contributed by atoms with Crippen molar-refractivity contribution >= 4 is 29.2 Å². The average Bonchev–Trinajstić information content (AvgIpc) is 3.18. The minimum absolute atomic E-state index is 0.143. The number of hydrogen-bond acceptors (Lipinski definition) is 8. The van der Waals surface area contributed by atoms with E-state index < -0.39 is 36.3 Å². The van der Waals surface area contributed by atoms with Crippen molar-refractivity contribution < 1.29 is 29.3 Å². The number of nitrogens with zero attached hydrogens (tertiary/aromatic N) is 1. The minimum Gasteiger partial charge on any atom is -0.455 e. The number of carbonyl (C=O) groups excluding carboxylic acids is 2. The van der Waals surface area contributed by atoms with Crippen molar-refractivity contribution in [3.63, 3.8) is 0 Å². The molecule has 0 bridgehead atoms. The van der Waals surface area contributed by atoms with Crippen LogP contribution in [0.4, 0.5) is 0 Å². The number of esters is 1. The number of aliphatic hydroxyl groups excluding tert-OH is 2. The molecule has 0 unspecified atom stereocenters. The van der Waals surface area contributed by atoms with Crippen LogP contribution in [0.25, 0.3) is 6.08 Å². The first kappa shape index (κ1) is 28.1. The lowest BCUT2D eigenvalue weighted by Crippen LogP contribution is -2.35. The summed E-state index contributed by atoms with van der Waals surface area (Å²) in [6.45, 7) is 9.23. The summed E-state index contributed by atoms with van der Waals surface area (Å²) in [5.41, 5.74) is 2.42. The van der Waals surface area contributed by atoms with Crippen molar-refractivity contribution in [2.24, 2.45) is 11.8 Å². The van der Waals surface area contributed by atoms with Crippen molar-refractivity contribution in [3.8, 4) is 0 Å². The standard InChI is InChI=1S/C26H37NO6S/c1-15-8-7-9-16(2)25(31)18(4)22(29)12-21(28)13-24(30)33-26(23(10-15)32-6)17(3)11-20-14-34-19(5)27-20/h7-8,10-11,14,16,18,21,23,25-26,28,31H,9,12-13H2,1-6H3/t16-,18-,21+,23-,25-,26+/m0/s1. The predicted octanol–water partition coefficient (Wildman–Crippen LogP) is 4.03. The molecule has 188 valence electrons. The molecule has 8 heteroatoms. The fourth-order valence-corrected chi connectivity index (χ4v) is 4.51. The molecule has 0 amide bonds. The number of methoxy groups -OCH3 is 1. The molecule has 7 nitrogen and oxygen atoms in total. The van der Waals surface area contributed by atoms with Gasteiger partial charge in [0.2, 0.25) is 0 Å². The molecule has 0 aliphatic carbocycles. The molecular formula is C26H37NO6S. The second-order valence-corrected chi connectivity index (χ2v) is 10.2. The fraction of sp³-hybridized carbons (Fsp3) is 0.577. The number of cyclic esters (lactones) is 1. The van der Waals surface area contributed by atoms with E-state index in [2.05, 4.69) is 4.98 Å². The second-order valence-electron chi connectivity index (χ2n) is 9.12. The number of ketones is 1. The number of thiazole rings is 1. The van der Waals surface area contributed by atoms with E-state index in [9.17, 15) is 19.8 Å². The van der Waals surface area contributed by atoms with Gasteiger partial charge in [0.1, 0.15) is 11.9 Å². The van der Waals surface area contributed by atoms with Gasteiger partial charge < -0.3 is 19.7 Å². The highest BCUT2D eigenvalue weighted by Gasteiger charge is 2.30. The van der Waals surface area contributed by atoms with Crippen LogP contribution in [0.1, 0.15) is 57.7 Å². The van der Waals surface area contributed by atoms with E-state index in [4.69, 9.17) is 9.47 Å². The summed E-state index contributed by atoms with van der Waals surface area (Å²) in [7, 11) is 1.55. The van der Waals surface area contributed by atoms with Crippen molar-refractivity contribution in [1.82, 2.24) is 4.98 Å². The summed E-state index contributed by atoms with van der Waals surface area (Å²) in [5, 5.41) is 23.8. The van der Waals surface area contributed by atoms with Crippen LogP contribution in [0.5, 0.6) is 0 Å². The first-order valence-electron chi connectivity index (χ1n) is 11.6. The summed E-state index contributed by atoms with van der Waals surface area (Å²) in [6.07, 6.45) is 4.31. The van der Waals surface area contributed by atoms with Gasteiger partial charge in [-0.2, -0.15) is 0 Å². The van der Waals surface area contributed by atoms with Gasteiger partial charge in [-0.1, -0.05) is 31.6 Å². The van der Waals surface area contributed by atoms with E-state index in [0.717, 1.165) is 21.8 Å². The van der Waals surface area contributed by atoms with Crippen LogP contribution in [-0.4, -0.2) is 58.5 Å². The maximum absolute atomic E-state index is 12.7. The lowest BCUT2D eigenvalue weighted by atomic mass is 9.86. The van der Waals surface area contributed by atoms with Crippen LogP contribution >= 0.6 is 11.3 Å². The molecule has 2 heterocycles. The van der Waals surface area contributed by atoms with E-state index in [1.165, 1.54) is 11.3 Å². The maximum Gasteiger partial charge on any atom is 0.309 e. The second kappa shape index (κ2) is 13.1. The third-order valence-electron chi connectivity index (χ3n) is 6.05. The van der Waals surface area contributed by atoms with Crippen LogP contribution in [0.3, 0.4) is 0 Å². The lowest BCUT2D eigenvalue weighted by Gasteiger charge is -2.26. The smallest absolute Gasteiger partial charge is 0.309 e. The molecule has 2 N–H and O–H groups in total. The molecule has 1 aromatic rings. The molecule has 1 aliphatic heterocycles. The van der Waals surface area contributed by atoms with E-state index in [-0.39, 0.29) is 24.5 Å². The Hall–Kier alpha value is -2.13. The predicted molar refractivity (Wildman–Crippen MR) is 133 cm³/mol. The highest BCUT2D eigenvalue weighted by molar-refractivity contribution is 7.09. The number of hydrogen-bond donors (Lipinski definition) is 2. The topological polar surface area (TPSA) is 106 Å². The molecule has 1 aromatic heterocycles. The molecule has 2 rings (SSSR count). The highest BCUT2D eigenvalue weighted by atomic mass is 32.1. The van der Waals surface area contributed by atoms with Gasteiger partial charge in [-0.05, 0) is 50.8 Å². The number of aliphatic hydroxyl groups is 2. The molecule has 1 aliphatic rings. The Morgan fingerprint density at radius 1 is 1.24 bits per heavy atom. The third kappa shape index (κ3) is 8.27. The van der Waals surface area contributed by atoms with E-state index in [1.807, 2.05) is 57.4 Å². The number of aromatic nitrogens is 1. The summed E-state index contributed by atoms with van der Waals surface area (Å²) < 4.78 is 11.5. The molecule has 0 saturated heterocycles. The Morgan fingerprint density at radius 2 is 1.94 bits per heavy atom. The zero-order valence-corrected chi connectivity index (χ0v) is 21.7. The monoisotopic (exact) mass is 491 g/mol. The molecule has 0 spiro atoms. The van der Waals surface area contributed by atoms with Crippen LogP contribution < -0.4 is 0 Å². The average molecular weight is 492 g/mol. The Labute approximate surface area is 206 Å². The fourth-order valence-electron chi connectivity index (χ4n) is 3.94. The summed E-state index contributed by atoms with van der Waals surface area (Å²) in [5.74, 6) is -1.70. The summed E-state index contributed by atoms with van der Waals surface area (Å²) >= 11 is 1.53. The van der Waals surface area contributed by atoms with Crippen molar-refractivity contribution in [3.05, 3.63) is 45.5 Å². The molecular weight excluding hydrogens is 454 g/mol. The summed E-state index contributed by atoms with van der Waals surface area (Å²) in [6, 6.07) is 0. The number of rotatable bonds is 3. The normalized spacial score (nSPS) is 30.7. The third-order valence-corrected chi connectivity index (χ3v) is 6.84. The Balaban J connectivity index is 2.41. The van der Waals surface area contributed by atoms with E-state index in [0.29, 0.717) is 6.42 Å². The zero-order valence-electron chi connectivity index (χ0n) is 20.9. The van der Waals surface area contributed by atoms with Gasteiger partial charge in [0.05, 0.1) is 29.3 Å². The van der Waals surface area contributed by atoms with Crippen molar-refractivity contribution in [2.75, 3.05) is 7.11 Å². The van der Waals surface area contributed by atoms with Gasteiger partial charge in [-0.25, -0.2) is 4.98 Å². The SMILES string of the molecule is CO[C@H]1C=C(C)C=CC[C@H](C)[C@H](O)[C@@H](C)C(=O)C[C@@H](O)CC(=O)O[C@@H]1C(C)=Cc1csc(C)n1. The number of ether oxygens (including phenoxy) is 2. The Morgan fingerprint density at radius 3 is 2.56 bits per heavy atom. The number of aryl methyl sites for hydroxylation is 1. The van der Waals surface area contributed by atoms with E-state index >= 15 is 0 Å². The number of allylic oxidation sites excluding steroid dienone is 3. The first-order chi connectivity index (χ1) is 16.0. The van der Waals surface area contributed by atoms with Crippen LogP contribution in [-0.2, 0) is 19.1 Å². The molecule has 0 radical (unpaired) electrons. The molecule has 0 aromatic carbocycles. The first-order valence-corrected chi connectivity index (χ1v) is 12.5. The number of Topliss-reactive ketones (excluding diaryl/α,β-unsaturated/α-hetero) is 1. The molecule has 0 fully saturated rings. The molecule has 0 saturated carbocycles. The van der Waals surface area contributed by atoms with Gasteiger partial charge >= 0.3 is 5.97 Å². The maximum atomic E-state index is 12.7. The Bertz CT molecular complexity index is 933. The Kier molecular flexibility index (Phi) is 10.8. The van der Waals surface area contributed by atoms with Crippen LogP contribution in [0, 0.1) is 18.8 Å².